The maximum atomic E-state index is 10.4. The molecule has 1 aliphatic carbocycles. The van der Waals surface area contributed by atoms with Gasteiger partial charge in [0.2, 0.25) is 0 Å². The highest BCUT2D eigenvalue weighted by atomic mass is 16.6. The third kappa shape index (κ3) is 1.90. The van der Waals surface area contributed by atoms with Crippen LogP contribution in [0.3, 0.4) is 0 Å². The van der Waals surface area contributed by atoms with Crippen molar-refractivity contribution in [1.82, 2.24) is 0 Å². The summed E-state index contributed by atoms with van der Waals surface area (Å²) in [5.74, 6) is 0.467. The fraction of sp³-hybridized carbons (Fsp3) is 0.500. The van der Waals surface area contributed by atoms with Crippen LogP contribution < -0.4 is 0 Å². The second-order valence-electron chi connectivity index (χ2n) is 2.58. The van der Waals surface area contributed by atoms with E-state index in [9.17, 15) is 4.79 Å². The van der Waals surface area contributed by atoms with Gasteiger partial charge in [-0.05, 0) is 24.3 Å². The fourth-order valence-corrected chi connectivity index (χ4v) is 0.895. The van der Waals surface area contributed by atoms with E-state index in [1.807, 2.05) is 0 Å². The van der Waals surface area contributed by atoms with Gasteiger partial charge in [0.15, 0.2) is 6.29 Å². The molecule has 0 aromatic rings. The molecule has 0 atom stereocenters. The van der Waals surface area contributed by atoms with Crippen LogP contribution in [0.25, 0.3) is 0 Å². The molecule has 1 rings (SSSR count). The quantitative estimate of drug-likeness (QED) is 0.345. The van der Waals surface area contributed by atoms with Crippen molar-refractivity contribution in [3.05, 3.63) is 12.2 Å². The standard InChI is InChI=1S/C8H11NO2/c1-6(7-3-4-7)8(5-10)9-11-2/h5,7H,1,3-4H2,2H3/b9-8-. The molecule has 1 fully saturated rings. The molecule has 0 bridgehead atoms. The molecular weight excluding hydrogens is 142 g/mol. The van der Waals surface area contributed by atoms with Gasteiger partial charge in [0.25, 0.3) is 0 Å². The van der Waals surface area contributed by atoms with E-state index in [0.29, 0.717) is 17.9 Å². The number of hydrogen-bond acceptors (Lipinski definition) is 3. The predicted octanol–water partition coefficient (Wildman–Crippen LogP) is 1.15. The van der Waals surface area contributed by atoms with Crippen LogP contribution >= 0.6 is 0 Å². The van der Waals surface area contributed by atoms with Crippen molar-refractivity contribution in [3.63, 3.8) is 0 Å². The summed E-state index contributed by atoms with van der Waals surface area (Å²) in [7, 11) is 1.42. The van der Waals surface area contributed by atoms with Crippen LogP contribution in [0.15, 0.2) is 17.3 Å². The Bertz CT molecular complexity index is 204. The number of carbonyl (C=O) groups excluding carboxylic acids is 1. The Kier molecular flexibility index (Phi) is 2.41. The summed E-state index contributed by atoms with van der Waals surface area (Å²) >= 11 is 0. The van der Waals surface area contributed by atoms with E-state index in [0.717, 1.165) is 18.4 Å². The zero-order valence-corrected chi connectivity index (χ0v) is 6.54. The van der Waals surface area contributed by atoms with Crippen molar-refractivity contribution < 1.29 is 9.63 Å². The summed E-state index contributed by atoms with van der Waals surface area (Å²) < 4.78 is 0. The van der Waals surface area contributed by atoms with E-state index in [1.54, 1.807) is 0 Å². The van der Waals surface area contributed by atoms with Crippen LogP contribution in [-0.4, -0.2) is 19.1 Å². The van der Waals surface area contributed by atoms with Crippen LogP contribution in [0.5, 0.6) is 0 Å². The highest BCUT2D eigenvalue weighted by Crippen LogP contribution is 2.35. The molecule has 3 heteroatoms. The minimum absolute atomic E-state index is 0.343. The lowest BCUT2D eigenvalue weighted by molar-refractivity contribution is -0.102. The van der Waals surface area contributed by atoms with Crippen molar-refractivity contribution in [2.75, 3.05) is 7.11 Å². The van der Waals surface area contributed by atoms with Gasteiger partial charge in [0.1, 0.15) is 12.8 Å². The predicted molar refractivity (Wildman–Crippen MR) is 42.4 cm³/mol. The number of carbonyl (C=O) groups is 1. The van der Waals surface area contributed by atoms with Gasteiger partial charge in [0, 0.05) is 0 Å². The molecule has 1 saturated carbocycles. The topological polar surface area (TPSA) is 38.7 Å². The monoisotopic (exact) mass is 153 g/mol. The van der Waals surface area contributed by atoms with E-state index in [1.165, 1.54) is 7.11 Å². The molecule has 1 aliphatic rings. The van der Waals surface area contributed by atoms with Crippen LogP contribution in [-0.2, 0) is 9.63 Å². The van der Waals surface area contributed by atoms with Gasteiger partial charge in [-0.3, -0.25) is 4.79 Å². The van der Waals surface area contributed by atoms with Crippen LogP contribution in [0.2, 0.25) is 0 Å². The first-order valence-corrected chi connectivity index (χ1v) is 3.55. The summed E-state index contributed by atoms with van der Waals surface area (Å²) in [5.41, 5.74) is 1.15. The summed E-state index contributed by atoms with van der Waals surface area (Å²) in [4.78, 5) is 14.9. The minimum Gasteiger partial charge on any atom is -0.399 e. The number of allylic oxidation sites excluding steroid dienone is 1. The molecule has 0 radical (unpaired) electrons. The third-order valence-electron chi connectivity index (χ3n) is 1.70. The van der Waals surface area contributed by atoms with Gasteiger partial charge >= 0.3 is 0 Å². The first-order chi connectivity index (χ1) is 5.29. The van der Waals surface area contributed by atoms with E-state index in [-0.39, 0.29) is 0 Å². The maximum absolute atomic E-state index is 10.4. The first kappa shape index (κ1) is 7.98. The lowest BCUT2D eigenvalue weighted by atomic mass is 10.1. The van der Waals surface area contributed by atoms with Crippen molar-refractivity contribution in [2.45, 2.75) is 12.8 Å². The Morgan fingerprint density at radius 3 is 2.73 bits per heavy atom. The first-order valence-electron chi connectivity index (χ1n) is 3.55. The second kappa shape index (κ2) is 3.32. The molecule has 0 spiro atoms. The molecule has 60 valence electrons. The third-order valence-corrected chi connectivity index (χ3v) is 1.70. The lowest BCUT2D eigenvalue weighted by Gasteiger charge is -1.98. The molecule has 0 unspecified atom stereocenters. The van der Waals surface area contributed by atoms with Gasteiger partial charge in [-0.1, -0.05) is 11.7 Å². The molecule has 0 aromatic carbocycles. The summed E-state index contributed by atoms with van der Waals surface area (Å²) in [6.07, 6.45) is 2.93. The number of oxime groups is 1. The van der Waals surface area contributed by atoms with E-state index in [2.05, 4.69) is 16.6 Å². The van der Waals surface area contributed by atoms with Crippen molar-refractivity contribution in [3.8, 4) is 0 Å². The Morgan fingerprint density at radius 1 is 1.73 bits per heavy atom. The smallest absolute Gasteiger partial charge is 0.172 e. The maximum Gasteiger partial charge on any atom is 0.172 e. The minimum atomic E-state index is 0.343. The number of aldehydes is 1. The largest absolute Gasteiger partial charge is 0.399 e. The van der Waals surface area contributed by atoms with Gasteiger partial charge in [-0.15, -0.1) is 0 Å². The fourth-order valence-electron chi connectivity index (χ4n) is 0.895. The molecule has 0 aliphatic heterocycles. The zero-order valence-electron chi connectivity index (χ0n) is 6.54. The van der Waals surface area contributed by atoms with Crippen LogP contribution in [0.4, 0.5) is 0 Å². The number of rotatable bonds is 4. The molecule has 11 heavy (non-hydrogen) atoms. The van der Waals surface area contributed by atoms with Crippen LogP contribution in [0, 0.1) is 5.92 Å². The molecule has 0 N–H and O–H groups in total. The van der Waals surface area contributed by atoms with Crippen molar-refractivity contribution in [2.24, 2.45) is 11.1 Å². The van der Waals surface area contributed by atoms with Gasteiger partial charge in [0.05, 0.1) is 0 Å². The van der Waals surface area contributed by atoms with Gasteiger partial charge in [-0.25, -0.2) is 0 Å². The second-order valence-corrected chi connectivity index (χ2v) is 2.58. The Labute approximate surface area is 65.7 Å². The van der Waals surface area contributed by atoms with Crippen molar-refractivity contribution in [1.29, 1.82) is 0 Å². The highest BCUT2D eigenvalue weighted by molar-refractivity contribution is 6.36. The highest BCUT2D eigenvalue weighted by Gasteiger charge is 2.27. The Balaban J connectivity index is 2.59. The zero-order chi connectivity index (χ0) is 8.27. The van der Waals surface area contributed by atoms with Gasteiger partial charge < -0.3 is 4.84 Å². The average Bonchev–Trinajstić information content (AvgIpc) is 2.81. The van der Waals surface area contributed by atoms with E-state index in [4.69, 9.17) is 0 Å². The number of hydrogen-bond donors (Lipinski definition) is 0. The van der Waals surface area contributed by atoms with Crippen molar-refractivity contribution >= 4 is 12.0 Å². The molecule has 0 heterocycles. The summed E-state index contributed by atoms with van der Waals surface area (Å²) in [5, 5.41) is 3.55. The normalized spacial score (nSPS) is 17.7. The molecule has 0 saturated heterocycles. The Morgan fingerprint density at radius 2 is 2.36 bits per heavy atom. The van der Waals surface area contributed by atoms with Crippen LogP contribution in [0.1, 0.15) is 12.8 Å². The molecule has 0 aromatic heterocycles. The average molecular weight is 153 g/mol. The summed E-state index contributed by atoms with van der Waals surface area (Å²) in [6.45, 7) is 3.76. The van der Waals surface area contributed by atoms with E-state index < -0.39 is 0 Å². The molecular formula is C8H11NO2. The SMILES string of the molecule is C=C(/C(C=O)=N\OC)C1CC1. The van der Waals surface area contributed by atoms with Gasteiger partial charge in [-0.2, -0.15) is 0 Å². The molecule has 0 amide bonds. The molecule has 3 nitrogen and oxygen atoms in total. The number of nitrogens with zero attached hydrogens (tertiary/aromatic N) is 1. The van der Waals surface area contributed by atoms with E-state index >= 15 is 0 Å². The summed E-state index contributed by atoms with van der Waals surface area (Å²) in [6, 6.07) is 0. The Hall–Kier alpha value is -1.12. The lowest BCUT2D eigenvalue weighted by Crippen LogP contribution is -2.05.